The summed E-state index contributed by atoms with van der Waals surface area (Å²) < 4.78 is 6.31. The van der Waals surface area contributed by atoms with Gasteiger partial charge in [-0.15, -0.1) is 0 Å². The van der Waals surface area contributed by atoms with Crippen LogP contribution in [-0.4, -0.2) is 14.5 Å². The number of nitro benzene ring substituents is 1. The summed E-state index contributed by atoms with van der Waals surface area (Å²) in [5.41, 5.74) is 1.16. The van der Waals surface area contributed by atoms with Gasteiger partial charge >= 0.3 is 5.76 Å². The maximum absolute atomic E-state index is 11.8. The van der Waals surface area contributed by atoms with Gasteiger partial charge in [0.25, 0.3) is 5.69 Å². The van der Waals surface area contributed by atoms with Crippen molar-refractivity contribution in [2.24, 2.45) is 0 Å². The third kappa shape index (κ3) is 1.77. The first-order chi connectivity index (χ1) is 9.16. The predicted octanol–water partition coefficient (Wildman–Crippen LogP) is 1.89. The Balaban J connectivity index is 2.21. The largest absolute Gasteiger partial charge is 0.425 e. The molecule has 3 rings (SSSR count). The molecule has 0 unspecified atom stereocenters. The molecule has 7 nitrogen and oxygen atoms in total. The summed E-state index contributed by atoms with van der Waals surface area (Å²) >= 11 is 0. The molecule has 0 N–H and O–H groups in total. The molecule has 0 aliphatic rings. The van der Waals surface area contributed by atoms with E-state index in [1.54, 1.807) is 18.3 Å². The normalized spacial score (nSPS) is 10.7. The van der Waals surface area contributed by atoms with Gasteiger partial charge in [0.05, 0.1) is 10.6 Å². The summed E-state index contributed by atoms with van der Waals surface area (Å²) in [6, 6.07) is 8.89. The van der Waals surface area contributed by atoms with Gasteiger partial charge in [0, 0.05) is 18.3 Å². The number of hydrogen-bond donors (Lipinski definition) is 0. The van der Waals surface area contributed by atoms with Crippen LogP contribution in [0.4, 0.5) is 5.69 Å². The minimum atomic E-state index is -0.581. The highest BCUT2D eigenvalue weighted by molar-refractivity contribution is 5.70. The maximum Gasteiger partial charge on any atom is 0.425 e. The van der Waals surface area contributed by atoms with Crippen molar-refractivity contribution in [3.8, 4) is 5.69 Å². The Labute approximate surface area is 105 Å². The van der Waals surface area contributed by atoms with Gasteiger partial charge < -0.3 is 4.42 Å². The van der Waals surface area contributed by atoms with Gasteiger partial charge in [-0.05, 0) is 24.3 Å². The molecule has 0 amide bonds. The van der Waals surface area contributed by atoms with Crippen LogP contribution in [0.3, 0.4) is 0 Å². The molecular formula is C12H7N3O4. The molecule has 0 atom stereocenters. The number of non-ortho nitro benzene ring substituents is 1. The van der Waals surface area contributed by atoms with Crippen LogP contribution in [0, 0.1) is 10.1 Å². The number of fused-ring (bicyclic) bond motifs is 1. The van der Waals surface area contributed by atoms with Crippen LogP contribution < -0.4 is 5.76 Å². The lowest BCUT2D eigenvalue weighted by Gasteiger charge is -2.00. The van der Waals surface area contributed by atoms with Crippen molar-refractivity contribution in [3.63, 3.8) is 0 Å². The zero-order valence-electron chi connectivity index (χ0n) is 9.52. The second-order valence-corrected chi connectivity index (χ2v) is 3.80. The molecule has 0 saturated heterocycles. The number of benzene rings is 1. The number of pyridine rings is 1. The van der Waals surface area contributed by atoms with Crippen LogP contribution in [-0.2, 0) is 0 Å². The number of nitro groups is 1. The summed E-state index contributed by atoms with van der Waals surface area (Å²) in [4.78, 5) is 25.9. The fourth-order valence-corrected chi connectivity index (χ4v) is 1.81. The molecule has 2 heterocycles. The van der Waals surface area contributed by atoms with Crippen molar-refractivity contribution in [2.75, 3.05) is 0 Å². The van der Waals surface area contributed by atoms with E-state index in [9.17, 15) is 14.9 Å². The minimum Gasteiger partial charge on any atom is -0.406 e. The van der Waals surface area contributed by atoms with Gasteiger partial charge in [-0.25, -0.2) is 14.3 Å². The van der Waals surface area contributed by atoms with Crippen LogP contribution >= 0.6 is 0 Å². The Morgan fingerprint density at radius 3 is 2.63 bits per heavy atom. The Bertz CT molecular complexity index is 817. The van der Waals surface area contributed by atoms with E-state index in [1.807, 2.05) is 0 Å². The average molecular weight is 257 g/mol. The molecule has 0 spiro atoms. The lowest BCUT2D eigenvalue weighted by molar-refractivity contribution is -0.384. The first-order valence-electron chi connectivity index (χ1n) is 5.38. The van der Waals surface area contributed by atoms with Crippen molar-refractivity contribution in [1.82, 2.24) is 9.55 Å². The Hall–Kier alpha value is -2.96. The van der Waals surface area contributed by atoms with E-state index in [1.165, 1.54) is 28.8 Å². The smallest absolute Gasteiger partial charge is 0.406 e. The van der Waals surface area contributed by atoms with Gasteiger partial charge in [-0.3, -0.25) is 10.1 Å². The molecule has 0 fully saturated rings. The lowest BCUT2D eigenvalue weighted by atomic mass is 10.3. The van der Waals surface area contributed by atoms with Crippen LogP contribution in [0.15, 0.2) is 51.8 Å². The molecule has 3 aromatic rings. The molecule has 1 aromatic carbocycles. The molecule has 2 aromatic heterocycles. The molecule has 0 radical (unpaired) electrons. The van der Waals surface area contributed by atoms with Crippen molar-refractivity contribution in [2.45, 2.75) is 0 Å². The number of rotatable bonds is 2. The Kier molecular flexibility index (Phi) is 2.38. The molecule has 94 valence electrons. The molecule has 19 heavy (non-hydrogen) atoms. The number of aromatic nitrogens is 2. The molecule has 0 saturated carbocycles. The number of oxazole rings is 1. The van der Waals surface area contributed by atoms with Crippen molar-refractivity contribution >= 4 is 16.9 Å². The fourth-order valence-electron chi connectivity index (χ4n) is 1.81. The standard InChI is InChI=1S/C12H7N3O4/c16-12-14(11-10(19-12)2-1-7-13-11)8-3-5-9(6-4-8)15(17)18/h1-7H. The monoisotopic (exact) mass is 257 g/mol. The fraction of sp³-hybridized carbons (Fsp3) is 0. The molecule has 0 bridgehead atoms. The summed E-state index contributed by atoms with van der Waals surface area (Å²) in [6.45, 7) is 0. The summed E-state index contributed by atoms with van der Waals surface area (Å²) in [5.74, 6) is -0.581. The summed E-state index contributed by atoms with van der Waals surface area (Å²) in [5, 5.41) is 10.6. The minimum absolute atomic E-state index is 0.0439. The van der Waals surface area contributed by atoms with E-state index in [4.69, 9.17) is 4.42 Å². The van der Waals surface area contributed by atoms with Crippen molar-refractivity contribution in [1.29, 1.82) is 0 Å². The lowest BCUT2D eigenvalue weighted by Crippen LogP contribution is -2.12. The van der Waals surface area contributed by atoms with E-state index >= 15 is 0 Å². The molecule has 7 heteroatoms. The van der Waals surface area contributed by atoms with E-state index < -0.39 is 10.7 Å². The first kappa shape index (κ1) is 11.1. The van der Waals surface area contributed by atoms with E-state index in [2.05, 4.69) is 4.98 Å². The Morgan fingerprint density at radius 2 is 1.95 bits per heavy atom. The second kappa shape index (κ2) is 4.05. The quantitative estimate of drug-likeness (QED) is 0.516. The van der Waals surface area contributed by atoms with Gasteiger partial charge in [0.1, 0.15) is 0 Å². The highest BCUT2D eigenvalue weighted by atomic mass is 16.6. The third-order valence-corrected chi connectivity index (χ3v) is 2.66. The van der Waals surface area contributed by atoms with Crippen LogP contribution in [0.25, 0.3) is 16.9 Å². The predicted molar refractivity (Wildman–Crippen MR) is 66.3 cm³/mol. The van der Waals surface area contributed by atoms with Crippen molar-refractivity contribution < 1.29 is 9.34 Å². The SMILES string of the molecule is O=c1oc2cccnc2n1-c1ccc([N+](=O)[O-])cc1. The Morgan fingerprint density at radius 1 is 1.21 bits per heavy atom. The molecule has 0 aliphatic heterocycles. The topological polar surface area (TPSA) is 91.2 Å². The molecule has 0 aliphatic carbocycles. The number of hydrogen-bond acceptors (Lipinski definition) is 5. The van der Waals surface area contributed by atoms with E-state index in [0.29, 0.717) is 16.9 Å². The number of nitrogens with zero attached hydrogens (tertiary/aromatic N) is 3. The zero-order valence-corrected chi connectivity index (χ0v) is 9.52. The molecular weight excluding hydrogens is 250 g/mol. The van der Waals surface area contributed by atoms with Gasteiger partial charge in [0.2, 0.25) is 0 Å². The second-order valence-electron chi connectivity index (χ2n) is 3.80. The summed E-state index contributed by atoms with van der Waals surface area (Å²) in [7, 11) is 0. The van der Waals surface area contributed by atoms with Crippen LogP contribution in [0.1, 0.15) is 0 Å². The van der Waals surface area contributed by atoms with Crippen LogP contribution in [0.5, 0.6) is 0 Å². The van der Waals surface area contributed by atoms with Gasteiger partial charge in [0.15, 0.2) is 11.2 Å². The van der Waals surface area contributed by atoms with E-state index in [0.717, 1.165) is 0 Å². The van der Waals surface area contributed by atoms with Gasteiger partial charge in [-0.2, -0.15) is 0 Å². The van der Waals surface area contributed by atoms with E-state index in [-0.39, 0.29) is 5.69 Å². The first-order valence-corrected chi connectivity index (χ1v) is 5.38. The third-order valence-electron chi connectivity index (χ3n) is 2.66. The summed E-state index contributed by atoms with van der Waals surface area (Å²) in [6.07, 6.45) is 1.54. The zero-order chi connectivity index (χ0) is 13.4. The average Bonchev–Trinajstić information content (AvgIpc) is 2.74. The van der Waals surface area contributed by atoms with Crippen molar-refractivity contribution in [3.05, 3.63) is 63.3 Å². The van der Waals surface area contributed by atoms with Gasteiger partial charge in [-0.1, -0.05) is 0 Å². The van der Waals surface area contributed by atoms with Crippen LogP contribution in [0.2, 0.25) is 0 Å². The maximum atomic E-state index is 11.8. The highest BCUT2D eigenvalue weighted by Crippen LogP contribution is 2.18. The highest BCUT2D eigenvalue weighted by Gasteiger charge is 2.13.